The van der Waals surface area contributed by atoms with Gasteiger partial charge in [-0.1, -0.05) is 164 Å². The van der Waals surface area contributed by atoms with Crippen LogP contribution >= 0.6 is 11.3 Å². The number of aromatic nitrogens is 2. The average Bonchev–Trinajstić information content (AvgIpc) is 4.02. The molecule has 63 heavy (non-hydrogen) atoms. The highest BCUT2D eigenvalue weighted by Gasteiger charge is 2.18. The molecule has 2 nitrogen and oxygen atoms in total. The molecule has 3 aromatic heterocycles. The van der Waals surface area contributed by atoms with E-state index in [0.29, 0.717) is 0 Å². The van der Waals surface area contributed by atoms with E-state index < -0.39 is 0 Å². The van der Waals surface area contributed by atoms with E-state index in [4.69, 9.17) is 0 Å². The van der Waals surface area contributed by atoms with Gasteiger partial charge in [-0.2, -0.15) is 0 Å². The summed E-state index contributed by atoms with van der Waals surface area (Å²) >= 11 is 1.86. The molecule has 0 spiro atoms. The van der Waals surface area contributed by atoms with Crippen molar-refractivity contribution in [1.82, 2.24) is 9.13 Å². The molecule has 0 atom stereocenters. The lowest BCUT2D eigenvalue weighted by Gasteiger charge is -2.12. The molecule has 0 fully saturated rings. The molecule has 3 heteroatoms. The monoisotopic (exact) mass is 818 g/mol. The van der Waals surface area contributed by atoms with Gasteiger partial charge in [0.15, 0.2) is 0 Å². The van der Waals surface area contributed by atoms with Gasteiger partial charge >= 0.3 is 0 Å². The first-order valence-electron chi connectivity index (χ1n) is 21.6. The van der Waals surface area contributed by atoms with Gasteiger partial charge in [0.25, 0.3) is 0 Å². The molecule has 0 bridgehead atoms. The summed E-state index contributed by atoms with van der Waals surface area (Å²) in [5.74, 6) is 0. The van der Waals surface area contributed by atoms with Crippen molar-refractivity contribution in [3.63, 3.8) is 0 Å². The lowest BCUT2D eigenvalue weighted by Crippen LogP contribution is -1.94. The molecular formula is C60H38N2S. The third-order valence-corrected chi connectivity index (χ3v) is 14.1. The Morgan fingerprint density at radius 3 is 1.44 bits per heavy atom. The molecule has 13 rings (SSSR count). The van der Waals surface area contributed by atoms with Crippen LogP contribution in [0.1, 0.15) is 0 Å². The predicted molar refractivity (Wildman–Crippen MR) is 270 cm³/mol. The van der Waals surface area contributed by atoms with Gasteiger partial charge in [-0.05, 0) is 111 Å². The lowest BCUT2D eigenvalue weighted by molar-refractivity contribution is 1.18. The molecule has 0 aliphatic rings. The number of para-hydroxylation sites is 3. The van der Waals surface area contributed by atoms with Crippen molar-refractivity contribution < 1.29 is 0 Å². The number of thiophene rings is 1. The van der Waals surface area contributed by atoms with Crippen LogP contribution in [0.2, 0.25) is 0 Å². The first kappa shape index (κ1) is 35.7. The van der Waals surface area contributed by atoms with Crippen LogP contribution in [0.25, 0.3) is 120 Å². The van der Waals surface area contributed by atoms with Gasteiger partial charge in [-0.3, -0.25) is 0 Å². The van der Waals surface area contributed by atoms with Gasteiger partial charge in [-0.25, -0.2) is 0 Å². The minimum Gasteiger partial charge on any atom is -0.309 e. The second-order valence-electron chi connectivity index (χ2n) is 16.5. The van der Waals surface area contributed by atoms with Gasteiger partial charge in [-0.15, -0.1) is 11.3 Å². The van der Waals surface area contributed by atoms with Crippen LogP contribution < -0.4 is 0 Å². The quantitative estimate of drug-likeness (QED) is 0.158. The number of hydrogen-bond donors (Lipinski definition) is 0. The fourth-order valence-corrected chi connectivity index (χ4v) is 11.0. The maximum atomic E-state index is 2.43. The predicted octanol–water partition coefficient (Wildman–Crippen LogP) is 16.9. The molecule has 3 heterocycles. The zero-order valence-electron chi connectivity index (χ0n) is 34.2. The zero-order chi connectivity index (χ0) is 41.4. The summed E-state index contributed by atoms with van der Waals surface area (Å²) in [6.45, 7) is 0. The van der Waals surface area contributed by atoms with E-state index in [1.807, 2.05) is 11.3 Å². The molecule has 0 radical (unpaired) electrons. The maximum Gasteiger partial charge on any atom is 0.0547 e. The molecule has 0 N–H and O–H groups in total. The van der Waals surface area contributed by atoms with Gasteiger partial charge in [0, 0.05) is 53.1 Å². The largest absolute Gasteiger partial charge is 0.309 e. The standard InChI is InChI=1S/C60H38N2S/c1-2-11-46(12-3-1)61-55-18-8-5-15-52(55)60-48(16-10-19-56(60)61)45-31-35-50-49-13-4-7-17-54(49)62(57(50)38-45)47-33-29-42(30-34-47)41-23-21-39(22-24-41)40-25-27-43(28-26-40)44-32-36-59-53(37-44)51-14-6-9-20-58(51)63-59/h1-38H. The number of fused-ring (bicyclic) bond motifs is 9. The van der Waals surface area contributed by atoms with Crippen molar-refractivity contribution >= 4 is 75.1 Å². The summed E-state index contributed by atoms with van der Waals surface area (Å²) in [6.07, 6.45) is 0. The van der Waals surface area contributed by atoms with Crippen molar-refractivity contribution in [3.05, 3.63) is 231 Å². The zero-order valence-corrected chi connectivity index (χ0v) is 35.1. The highest BCUT2D eigenvalue weighted by atomic mass is 32.1. The van der Waals surface area contributed by atoms with Gasteiger partial charge in [0.1, 0.15) is 0 Å². The van der Waals surface area contributed by atoms with E-state index in [-0.39, 0.29) is 0 Å². The first-order valence-corrected chi connectivity index (χ1v) is 22.4. The highest BCUT2D eigenvalue weighted by molar-refractivity contribution is 7.25. The van der Waals surface area contributed by atoms with Crippen LogP contribution in [-0.4, -0.2) is 9.13 Å². The Hall–Kier alpha value is -7.98. The van der Waals surface area contributed by atoms with Crippen LogP contribution in [0.5, 0.6) is 0 Å². The van der Waals surface area contributed by atoms with Crippen LogP contribution in [0.4, 0.5) is 0 Å². The van der Waals surface area contributed by atoms with Crippen LogP contribution in [0.15, 0.2) is 231 Å². The summed E-state index contributed by atoms with van der Waals surface area (Å²) < 4.78 is 7.50. The third-order valence-electron chi connectivity index (χ3n) is 13.0. The van der Waals surface area contributed by atoms with Gasteiger partial charge < -0.3 is 9.13 Å². The first-order chi connectivity index (χ1) is 31.2. The second-order valence-corrected chi connectivity index (χ2v) is 17.6. The van der Waals surface area contributed by atoms with Gasteiger partial charge in [0.05, 0.1) is 22.1 Å². The van der Waals surface area contributed by atoms with Crippen molar-refractivity contribution in [3.8, 4) is 55.9 Å². The van der Waals surface area contributed by atoms with Crippen LogP contribution in [0.3, 0.4) is 0 Å². The number of benzene rings is 10. The van der Waals surface area contributed by atoms with E-state index in [2.05, 4.69) is 240 Å². The minimum atomic E-state index is 1.14. The van der Waals surface area contributed by atoms with E-state index in [0.717, 1.165) is 5.69 Å². The number of rotatable bonds is 6. The smallest absolute Gasteiger partial charge is 0.0547 e. The van der Waals surface area contributed by atoms with Crippen LogP contribution in [0, 0.1) is 0 Å². The molecule has 0 amide bonds. The fraction of sp³-hybridized carbons (Fsp3) is 0. The van der Waals surface area contributed by atoms with Crippen molar-refractivity contribution in [1.29, 1.82) is 0 Å². The molecule has 0 saturated heterocycles. The van der Waals surface area contributed by atoms with Gasteiger partial charge in [0.2, 0.25) is 0 Å². The molecule has 13 aromatic rings. The SMILES string of the molecule is c1ccc(-n2c3ccccc3c3c(-c4ccc5c6ccccc6n(-c6ccc(-c7ccc(-c8ccc(-c9ccc%10sc%11ccccc%11c%10c9)cc8)cc7)cc6)c5c4)cccc32)cc1. The van der Waals surface area contributed by atoms with Crippen molar-refractivity contribution in [2.24, 2.45) is 0 Å². The normalized spacial score (nSPS) is 11.8. The molecule has 10 aromatic carbocycles. The molecule has 294 valence electrons. The Morgan fingerprint density at radius 1 is 0.254 bits per heavy atom. The van der Waals surface area contributed by atoms with E-state index in [9.17, 15) is 0 Å². The average molecular weight is 819 g/mol. The minimum absolute atomic E-state index is 1.14. The molecule has 0 unspecified atom stereocenters. The summed E-state index contributed by atoms with van der Waals surface area (Å²) in [5.41, 5.74) is 16.9. The van der Waals surface area contributed by atoms with E-state index >= 15 is 0 Å². The Bertz CT molecular complexity index is 3870. The van der Waals surface area contributed by atoms with E-state index in [1.165, 1.54) is 114 Å². The third kappa shape index (κ3) is 5.78. The maximum absolute atomic E-state index is 2.43. The molecule has 0 saturated carbocycles. The van der Waals surface area contributed by atoms with E-state index in [1.54, 1.807) is 0 Å². The van der Waals surface area contributed by atoms with Crippen molar-refractivity contribution in [2.75, 3.05) is 0 Å². The van der Waals surface area contributed by atoms with Crippen molar-refractivity contribution in [2.45, 2.75) is 0 Å². The Balaban J connectivity index is 0.833. The second kappa shape index (κ2) is 14.3. The Kier molecular flexibility index (Phi) is 8.12. The Morgan fingerprint density at radius 2 is 0.730 bits per heavy atom. The molecule has 0 aliphatic carbocycles. The summed E-state index contributed by atoms with van der Waals surface area (Å²) in [7, 11) is 0. The highest BCUT2D eigenvalue weighted by Crippen LogP contribution is 2.42. The summed E-state index contributed by atoms with van der Waals surface area (Å²) in [5, 5.41) is 7.69. The molecular weight excluding hydrogens is 781 g/mol. The topological polar surface area (TPSA) is 9.86 Å². The summed E-state index contributed by atoms with van der Waals surface area (Å²) in [6, 6.07) is 84.6. The number of hydrogen-bond acceptors (Lipinski definition) is 1. The Labute approximate surface area is 368 Å². The van der Waals surface area contributed by atoms with Crippen LogP contribution in [-0.2, 0) is 0 Å². The molecule has 0 aliphatic heterocycles. The summed E-state index contributed by atoms with van der Waals surface area (Å²) in [4.78, 5) is 0. The fourth-order valence-electron chi connectivity index (χ4n) is 9.95. The number of nitrogens with zero attached hydrogens (tertiary/aromatic N) is 2. The lowest BCUT2D eigenvalue weighted by atomic mass is 9.97.